The van der Waals surface area contributed by atoms with Crippen molar-refractivity contribution in [2.24, 2.45) is 0 Å². The molecular formula is C14H13FN4O3S. The Morgan fingerprint density at radius 2 is 2.13 bits per heavy atom. The highest BCUT2D eigenvalue weighted by Gasteiger charge is 2.19. The lowest BCUT2D eigenvalue weighted by molar-refractivity contribution is 0.511. The maximum Gasteiger partial charge on any atom is 0.264 e. The van der Waals surface area contributed by atoms with E-state index in [4.69, 9.17) is 4.42 Å². The lowest BCUT2D eigenvalue weighted by Crippen LogP contribution is -2.12. The summed E-state index contributed by atoms with van der Waals surface area (Å²) < 4.78 is 45.4. The predicted octanol–water partition coefficient (Wildman–Crippen LogP) is 2.57. The second-order valence-electron chi connectivity index (χ2n) is 4.72. The number of aromatic amines is 1. The average Bonchev–Trinajstić information content (AvgIpc) is 3.16. The highest BCUT2D eigenvalue weighted by Crippen LogP contribution is 2.22. The van der Waals surface area contributed by atoms with Gasteiger partial charge in [0.2, 0.25) is 5.89 Å². The molecule has 0 saturated heterocycles. The van der Waals surface area contributed by atoms with Gasteiger partial charge in [0.25, 0.3) is 15.9 Å². The average molecular weight is 336 g/mol. The van der Waals surface area contributed by atoms with Gasteiger partial charge >= 0.3 is 0 Å². The van der Waals surface area contributed by atoms with Crippen LogP contribution in [0.1, 0.15) is 12.8 Å². The number of aromatic nitrogens is 3. The SMILES string of the molecule is CCc1nnc(-c2cc(S(=O)(=O)Nc3cccc(F)c3)c[nH]2)o1. The number of sulfonamides is 1. The molecule has 2 N–H and O–H groups in total. The summed E-state index contributed by atoms with van der Waals surface area (Å²) in [5.74, 6) is 0.129. The largest absolute Gasteiger partial charge is 0.419 e. The monoisotopic (exact) mass is 336 g/mol. The van der Waals surface area contributed by atoms with Crippen molar-refractivity contribution in [3.63, 3.8) is 0 Å². The second-order valence-corrected chi connectivity index (χ2v) is 6.40. The van der Waals surface area contributed by atoms with Crippen LogP contribution in [0.25, 0.3) is 11.6 Å². The predicted molar refractivity (Wildman–Crippen MR) is 80.7 cm³/mol. The van der Waals surface area contributed by atoms with Crippen molar-refractivity contribution in [1.29, 1.82) is 0 Å². The minimum absolute atomic E-state index is 0.0204. The zero-order valence-electron chi connectivity index (χ0n) is 12.1. The summed E-state index contributed by atoms with van der Waals surface area (Å²) in [6, 6.07) is 6.57. The lowest BCUT2D eigenvalue weighted by atomic mass is 10.3. The lowest BCUT2D eigenvalue weighted by Gasteiger charge is -2.05. The number of nitrogens with zero attached hydrogens (tertiary/aromatic N) is 2. The summed E-state index contributed by atoms with van der Waals surface area (Å²) >= 11 is 0. The van der Waals surface area contributed by atoms with Crippen LogP contribution in [0.5, 0.6) is 0 Å². The van der Waals surface area contributed by atoms with E-state index in [1.165, 1.54) is 30.5 Å². The van der Waals surface area contributed by atoms with Crippen LogP contribution in [0.4, 0.5) is 10.1 Å². The zero-order valence-corrected chi connectivity index (χ0v) is 12.9. The Morgan fingerprint density at radius 3 is 2.83 bits per heavy atom. The molecule has 0 atom stereocenters. The number of rotatable bonds is 5. The van der Waals surface area contributed by atoms with Crippen molar-refractivity contribution in [2.45, 2.75) is 18.2 Å². The molecule has 0 unspecified atom stereocenters. The van der Waals surface area contributed by atoms with Gasteiger partial charge in [0.05, 0.1) is 5.69 Å². The van der Waals surface area contributed by atoms with E-state index in [9.17, 15) is 12.8 Å². The van der Waals surface area contributed by atoms with Crippen molar-refractivity contribution in [2.75, 3.05) is 4.72 Å². The topological polar surface area (TPSA) is 101 Å². The van der Waals surface area contributed by atoms with Crippen LogP contribution in [-0.4, -0.2) is 23.6 Å². The molecule has 7 nitrogen and oxygen atoms in total. The van der Waals surface area contributed by atoms with Crippen molar-refractivity contribution >= 4 is 15.7 Å². The standard InChI is InChI=1S/C14H13FN4O3S/c1-2-13-17-18-14(22-13)12-7-11(8-16-12)23(20,21)19-10-5-3-4-9(15)6-10/h3-8,16,19H,2H2,1H3. The van der Waals surface area contributed by atoms with Gasteiger partial charge in [-0.3, -0.25) is 4.72 Å². The third-order valence-corrected chi connectivity index (χ3v) is 4.40. The Balaban J connectivity index is 1.86. The Labute approximate surface area is 131 Å². The highest BCUT2D eigenvalue weighted by atomic mass is 32.2. The van der Waals surface area contributed by atoms with Gasteiger partial charge in [0.1, 0.15) is 16.4 Å². The van der Waals surface area contributed by atoms with E-state index < -0.39 is 15.8 Å². The van der Waals surface area contributed by atoms with Gasteiger partial charge in [-0.25, -0.2) is 12.8 Å². The number of anilines is 1. The second kappa shape index (κ2) is 5.84. The molecule has 0 saturated carbocycles. The van der Waals surface area contributed by atoms with Gasteiger partial charge in [0.15, 0.2) is 0 Å². The summed E-state index contributed by atoms with van der Waals surface area (Å²) in [5, 5.41) is 7.65. The Kier molecular flexibility index (Phi) is 3.87. The first-order valence-electron chi connectivity index (χ1n) is 6.77. The van der Waals surface area contributed by atoms with Crippen LogP contribution in [0.15, 0.2) is 45.8 Å². The van der Waals surface area contributed by atoms with Gasteiger partial charge < -0.3 is 9.40 Å². The fraction of sp³-hybridized carbons (Fsp3) is 0.143. The molecule has 0 radical (unpaired) electrons. The van der Waals surface area contributed by atoms with Crippen molar-refractivity contribution in [3.8, 4) is 11.6 Å². The van der Waals surface area contributed by atoms with Gasteiger partial charge in [0, 0.05) is 12.6 Å². The first-order valence-corrected chi connectivity index (χ1v) is 8.26. The number of nitrogens with one attached hydrogen (secondary N) is 2. The van der Waals surface area contributed by atoms with Crippen LogP contribution in [0.3, 0.4) is 0 Å². The molecule has 0 spiro atoms. The number of benzene rings is 1. The van der Waals surface area contributed by atoms with E-state index in [0.29, 0.717) is 18.0 Å². The molecule has 0 bridgehead atoms. The summed E-state index contributed by atoms with van der Waals surface area (Å²) in [7, 11) is -3.85. The van der Waals surface area contributed by atoms with Crippen molar-refractivity contribution < 1.29 is 17.2 Å². The maximum atomic E-state index is 13.1. The van der Waals surface area contributed by atoms with E-state index in [2.05, 4.69) is 19.9 Å². The minimum Gasteiger partial charge on any atom is -0.419 e. The molecule has 120 valence electrons. The summed E-state index contributed by atoms with van der Waals surface area (Å²) in [6.07, 6.45) is 1.88. The number of hydrogen-bond acceptors (Lipinski definition) is 5. The molecule has 9 heteroatoms. The molecule has 0 amide bonds. The van der Waals surface area contributed by atoms with E-state index in [1.54, 1.807) is 0 Å². The molecule has 23 heavy (non-hydrogen) atoms. The molecule has 0 fully saturated rings. The quantitative estimate of drug-likeness (QED) is 0.746. The third-order valence-electron chi connectivity index (χ3n) is 3.04. The molecule has 0 aliphatic heterocycles. The maximum absolute atomic E-state index is 13.1. The molecule has 1 aromatic carbocycles. The van der Waals surface area contributed by atoms with Crippen LogP contribution >= 0.6 is 0 Å². The van der Waals surface area contributed by atoms with Gasteiger partial charge in [-0.05, 0) is 24.3 Å². The van der Waals surface area contributed by atoms with Crippen molar-refractivity contribution in [1.82, 2.24) is 15.2 Å². The smallest absolute Gasteiger partial charge is 0.264 e. The van der Waals surface area contributed by atoms with E-state index in [1.807, 2.05) is 6.92 Å². The summed E-state index contributed by atoms with van der Waals surface area (Å²) in [5.41, 5.74) is 0.524. The normalized spacial score (nSPS) is 11.6. The highest BCUT2D eigenvalue weighted by molar-refractivity contribution is 7.92. The molecule has 0 aliphatic carbocycles. The molecule has 3 aromatic rings. The molecule has 3 rings (SSSR count). The number of halogens is 1. The number of H-pyrrole nitrogens is 1. The number of hydrogen-bond donors (Lipinski definition) is 2. The van der Waals surface area contributed by atoms with Crippen molar-refractivity contribution in [3.05, 3.63) is 48.2 Å². The summed E-state index contributed by atoms with van der Waals surface area (Å²) in [4.78, 5) is 2.75. The molecule has 0 aliphatic rings. The van der Waals surface area contributed by atoms with Crippen LogP contribution in [0.2, 0.25) is 0 Å². The zero-order chi connectivity index (χ0) is 16.4. The Morgan fingerprint density at radius 1 is 1.30 bits per heavy atom. The molecular weight excluding hydrogens is 323 g/mol. The van der Waals surface area contributed by atoms with Crippen LogP contribution < -0.4 is 4.72 Å². The minimum atomic E-state index is -3.85. The summed E-state index contributed by atoms with van der Waals surface area (Å²) in [6.45, 7) is 1.87. The Bertz CT molecular complexity index is 933. The fourth-order valence-electron chi connectivity index (χ4n) is 1.92. The van der Waals surface area contributed by atoms with E-state index >= 15 is 0 Å². The Hall–Kier alpha value is -2.68. The molecule has 2 heterocycles. The van der Waals surface area contributed by atoms with Gasteiger partial charge in [-0.2, -0.15) is 0 Å². The first-order chi connectivity index (χ1) is 11.0. The van der Waals surface area contributed by atoms with Gasteiger partial charge in [-0.1, -0.05) is 13.0 Å². The van der Waals surface area contributed by atoms with Gasteiger partial charge in [-0.15, -0.1) is 10.2 Å². The van der Waals surface area contributed by atoms with E-state index in [0.717, 1.165) is 6.07 Å². The fourth-order valence-corrected chi connectivity index (χ4v) is 2.97. The van der Waals surface area contributed by atoms with Crippen LogP contribution in [0, 0.1) is 5.82 Å². The first kappa shape index (κ1) is 15.2. The van der Waals surface area contributed by atoms with E-state index in [-0.39, 0.29) is 16.5 Å². The number of aryl methyl sites for hydroxylation is 1. The molecule has 2 aromatic heterocycles. The third kappa shape index (κ3) is 3.24. The van der Waals surface area contributed by atoms with Crippen LogP contribution in [-0.2, 0) is 16.4 Å².